The number of likely N-dealkylation sites (N-methyl/N-ethyl adjacent to an activating group) is 2. The van der Waals surface area contributed by atoms with Crippen molar-refractivity contribution in [2.24, 2.45) is 0 Å². The van der Waals surface area contributed by atoms with Crippen molar-refractivity contribution in [1.29, 1.82) is 0 Å². The molecule has 0 spiro atoms. The first-order valence-corrected chi connectivity index (χ1v) is 5.69. The predicted octanol–water partition coefficient (Wildman–Crippen LogP) is 0.668. The lowest BCUT2D eigenvalue weighted by atomic mass is 9.89. The summed E-state index contributed by atoms with van der Waals surface area (Å²) in [4.78, 5) is 2.42. The van der Waals surface area contributed by atoms with Gasteiger partial charge in [0.1, 0.15) is 0 Å². The standard InChI is InChI=1S/C11H25N3/c1-10(2)14(4)9-11(12-3)6-5-7-13-8-11/h10,12-13H,5-9H2,1-4H3. The van der Waals surface area contributed by atoms with Crippen LogP contribution in [0.25, 0.3) is 0 Å². The van der Waals surface area contributed by atoms with Gasteiger partial charge in [0.25, 0.3) is 0 Å². The Hall–Kier alpha value is -0.120. The van der Waals surface area contributed by atoms with Gasteiger partial charge in [-0.25, -0.2) is 0 Å². The van der Waals surface area contributed by atoms with Gasteiger partial charge < -0.3 is 15.5 Å². The fraction of sp³-hybridized carbons (Fsp3) is 1.00. The molecule has 3 heteroatoms. The van der Waals surface area contributed by atoms with E-state index in [0.717, 1.165) is 13.1 Å². The number of hydrogen-bond acceptors (Lipinski definition) is 3. The van der Waals surface area contributed by atoms with Gasteiger partial charge in [-0.1, -0.05) is 0 Å². The first-order chi connectivity index (χ1) is 6.59. The molecule has 0 aromatic carbocycles. The second-order valence-corrected chi connectivity index (χ2v) is 4.82. The van der Waals surface area contributed by atoms with Crippen molar-refractivity contribution < 1.29 is 0 Å². The number of rotatable bonds is 4. The van der Waals surface area contributed by atoms with E-state index in [1.54, 1.807) is 0 Å². The van der Waals surface area contributed by atoms with E-state index in [1.165, 1.54) is 19.4 Å². The number of nitrogens with zero attached hydrogens (tertiary/aromatic N) is 1. The van der Waals surface area contributed by atoms with E-state index in [1.807, 2.05) is 0 Å². The van der Waals surface area contributed by atoms with Crippen LogP contribution in [0.5, 0.6) is 0 Å². The molecule has 84 valence electrons. The van der Waals surface area contributed by atoms with Crippen molar-refractivity contribution in [1.82, 2.24) is 15.5 Å². The van der Waals surface area contributed by atoms with Gasteiger partial charge in [0, 0.05) is 24.7 Å². The van der Waals surface area contributed by atoms with E-state index in [2.05, 4.69) is 43.5 Å². The quantitative estimate of drug-likeness (QED) is 0.697. The fourth-order valence-corrected chi connectivity index (χ4v) is 2.06. The molecule has 1 fully saturated rings. The Bertz CT molecular complexity index is 162. The van der Waals surface area contributed by atoms with Crippen LogP contribution in [0.2, 0.25) is 0 Å². The molecule has 0 saturated carbocycles. The van der Waals surface area contributed by atoms with E-state index >= 15 is 0 Å². The van der Waals surface area contributed by atoms with Crippen molar-refractivity contribution in [2.75, 3.05) is 33.7 Å². The third-order valence-electron chi connectivity index (χ3n) is 3.44. The Morgan fingerprint density at radius 2 is 2.21 bits per heavy atom. The summed E-state index contributed by atoms with van der Waals surface area (Å²) in [6.07, 6.45) is 2.57. The van der Waals surface area contributed by atoms with Gasteiger partial charge in [-0.2, -0.15) is 0 Å². The van der Waals surface area contributed by atoms with Gasteiger partial charge in [-0.3, -0.25) is 0 Å². The Morgan fingerprint density at radius 1 is 1.50 bits per heavy atom. The number of piperidine rings is 1. The third kappa shape index (κ3) is 2.94. The molecular formula is C11H25N3. The molecule has 1 saturated heterocycles. The van der Waals surface area contributed by atoms with E-state index in [0.29, 0.717) is 6.04 Å². The van der Waals surface area contributed by atoms with E-state index < -0.39 is 0 Å². The highest BCUT2D eigenvalue weighted by Gasteiger charge is 2.31. The molecule has 0 amide bonds. The molecule has 14 heavy (non-hydrogen) atoms. The van der Waals surface area contributed by atoms with Crippen LogP contribution in [-0.2, 0) is 0 Å². The maximum Gasteiger partial charge on any atom is 0.0432 e. The molecule has 0 bridgehead atoms. The third-order valence-corrected chi connectivity index (χ3v) is 3.44. The summed E-state index contributed by atoms with van der Waals surface area (Å²) in [6, 6.07) is 0.627. The number of hydrogen-bond donors (Lipinski definition) is 2. The minimum absolute atomic E-state index is 0.289. The van der Waals surface area contributed by atoms with Crippen LogP contribution in [-0.4, -0.2) is 50.2 Å². The van der Waals surface area contributed by atoms with Gasteiger partial charge >= 0.3 is 0 Å². The van der Waals surface area contributed by atoms with Crippen LogP contribution in [0.3, 0.4) is 0 Å². The molecule has 0 radical (unpaired) electrons. The van der Waals surface area contributed by atoms with Gasteiger partial charge in [-0.15, -0.1) is 0 Å². The SMILES string of the molecule is CNC1(CN(C)C(C)C)CCCNC1. The molecule has 1 unspecified atom stereocenters. The highest BCUT2D eigenvalue weighted by atomic mass is 15.2. The molecular weight excluding hydrogens is 174 g/mol. The molecule has 0 aromatic heterocycles. The lowest BCUT2D eigenvalue weighted by Gasteiger charge is -2.41. The first-order valence-electron chi connectivity index (χ1n) is 5.69. The fourth-order valence-electron chi connectivity index (χ4n) is 2.06. The van der Waals surface area contributed by atoms with Crippen LogP contribution in [0.4, 0.5) is 0 Å². The topological polar surface area (TPSA) is 27.3 Å². The highest BCUT2D eigenvalue weighted by Crippen LogP contribution is 2.17. The molecule has 0 aromatic rings. The predicted molar refractivity (Wildman–Crippen MR) is 61.7 cm³/mol. The van der Waals surface area contributed by atoms with Gasteiger partial charge in [0.15, 0.2) is 0 Å². The zero-order valence-electron chi connectivity index (χ0n) is 10.1. The molecule has 1 atom stereocenters. The lowest BCUT2D eigenvalue weighted by molar-refractivity contribution is 0.156. The zero-order chi connectivity index (χ0) is 10.6. The minimum Gasteiger partial charge on any atom is -0.315 e. The molecule has 1 rings (SSSR count). The van der Waals surface area contributed by atoms with Crippen molar-refractivity contribution in [3.8, 4) is 0 Å². The Kier molecular flexibility index (Phi) is 4.35. The van der Waals surface area contributed by atoms with E-state index in [9.17, 15) is 0 Å². The largest absolute Gasteiger partial charge is 0.315 e. The van der Waals surface area contributed by atoms with Crippen LogP contribution in [0, 0.1) is 0 Å². The van der Waals surface area contributed by atoms with Crippen molar-refractivity contribution in [3.63, 3.8) is 0 Å². The van der Waals surface area contributed by atoms with Crippen molar-refractivity contribution >= 4 is 0 Å². The second kappa shape index (κ2) is 5.10. The maximum atomic E-state index is 3.50. The Labute approximate surface area is 88.2 Å². The van der Waals surface area contributed by atoms with Crippen molar-refractivity contribution in [2.45, 2.75) is 38.3 Å². The molecule has 1 heterocycles. The normalized spacial score (nSPS) is 28.7. The molecule has 3 nitrogen and oxygen atoms in total. The van der Waals surface area contributed by atoms with E-state index in [-0.39, 0.29) is 5.54 Å². The summed E-state index contributed by atoms with van der Waals surface area (Å²) in [6.45, 7) is 7.91. The second-order valence-electron chi connectivity index (χ2n) is 4.82. The molecule has 0 aliphatic carbocycles. The number of nitrogens with one attached hydrogen (secondary N) is 2. The molecule has 1 aliphatic heterocycles. The highest BCUT2D eigenvalue weighted by molar-refractivity contribution is 4.94. The van der Waals surface area contributed by atoms with Crippen LogP contribution < -0.4 is 10.6 Å². The average Bonchev–Trinajstić information content (AvgIpc) is 2.19. The first kappa shape index (κ1) is 12.0. The van der Waals surface area contributed by atoms with Gasteiger partial charge in [-0.05, 0) is 47.3 Å². The average molecular weight is 199 g/mol. The molecule has 1 aliphatic rings. The van der Waals surface area contributed by atoms with Crippen molar-refractivity contribution in [3.05, 3.63) is 0 Å². The summed E-state index contributed by atoms with van der Waals surface area (Å²) in [5.74, 6) is 0. The zero-order valence-corrected chi connectivity index (χ0v) is 10.1. The summed E-state index contributed by atoms with van der Waals surface area (Å²) in [5.41, 5.74) is 0.289. The van der Waals surface area contributed by atoms with Gasteiger partial charge in [0.2, 0.25) is 0 Å². The molecule has 2 N–H and O–H groups in total. The van der Waals surface area contributed by atoms with Crippen LogP contribution in [0.1, 0.15) is 26.7 Å². The summed E-state index contributed by atoms with van der Waals surface area (Å²) in [7, 11) is 4.29. The summed E-state index contributed by atoms with van der Waals surface area (Å²) in [5, 5.41) is 6.98. The summed E-state index contributed by atoms with van der Waals surface area (Å²) < 4.78 is 0. The van der Waals surface area contributed by atoms with Crippen LogP contribution in [0.15, 0.2) is 0 Å². The smallest absolute Gasteiger partial charge is 0.0432 e. The summed E-state index contributed by atoms with van der Waals surface area (Å²) >= 11 is 0. The Balaban J connectivity index is 2.51. The lowest BCUT2D eigenvalue weighted by Crippen LogP contribution is -2.60. The maximum absolute atomic E-state index is 3.50. The van der Waals surface area contributed by atoms with Crippen LogP contribution >= 0.6 is 0 Å². The van der Waals surface area contributed by atoms with Gasteiger partial charge in [0.05, 0.1) is 0 Å². The monoisotopic (exact) mass is 199 g/mol. The minimum atomic E-state index is 0.289. The van der Waals surface area contributed by atoms with E-state index in [4.69, 9.17) is 0 Å². The Morgan fingerprint density at radius 3 is 2.64 bits per heavy atom.